The predicted molar refractivity (Wildman–Crippen MR) is 125 cm³/mol. The molecule has 0 atom stereocenters. The minimum Gasteiger partial charge on any atom is -0.326 e. The van der Waals surface area contributed by atoms with Gasteiger partial charge in [-0.1, -0.05) is 61.5 Å². The normalized spacial score (nSPS) is 10.9. The molecule has 0 bridgehead atoms. The zero-order valence-corrected chi connectivity index (χ0v) is 19.2. The van der Waals surface area contributed by atoms with Gasteiger partial charge in [0.1, 0.15) is 6.33 Å². The van der Waals surface area contributed by atoms with Crippen molar-refractivity contribution < 1.29 is 4.79 Å². The van der Waals surface area contributed by atoms with E-state index < -0.39 is 0 Å². The van der Waals surface area contributed by atoms with Gasteiger partial charge in [0.05, 0.1) is 5.69 Å². The van der Waals surface area contributed by atoms with Gasteiger partial charge >= 0.3 is 0 Å². The third-order valence-corrected chi connectivity index (χ3v) is 6.40. The van der Waals surface area contributed by atoms with Gasteiger partial charge in [-0.3, -0.25) is 9.36 Å². The molecule has 3 aromatic rings. The summed E-state index contributed by atoms with van der Waals surface area (Å²) in [4.78, 5) is 12.6. The van der Waals surface area contributed by atoms with E-state index in [1.165, 1.54) is 5.56 Å². The van der Waals surface area contributed by atoms with Crippen LogP contribution in [-0.2, 0) is 17.6 Å². The first-order valence-electron chi connectivity index (χ1n) is 10.2. The second-order valence-electron chi connectivity index (χ2n) is 7.04. The Labute approximate surface area is 187 Å². The lowest BCUT2D eigenvalue weighted by Crippen LogP contribution is -2.15. The molecule has 0 aliphatic rings. The van der Waals surface area contributed by atoms with E-state index in [0.29, 0.717) is 11.4 Å². The number of rotatable bonds is 9. The maximum Gasteiger partial charge on any atom is 0.224 e. The molecule has 3 rings (SSSR count). The van der Waals surface area contributed by atoms with Crippen molar-refractivity contribution in [3.8, 4) is 5.69 Å². The molecule has 7 heteroatoms. The van der Waals surface area contributed by atoms with Crippen molar-refractivity contribution in [1.29, 1.82) is 0 Å². The Morgan fingerprint density at radius 3 is 2.70 bits per heavy atom. The van der Waals surface area contributed by atoms with E-state index in [9.17, 15) is 4.79 Å². The fraction of sp³-hybridized carbons (Fsp3) is 0.348. The topological polar surface area (TPSA) is 59.8 Å². The quantitative estimate of drug-likeness (QED) is 0.332. The van der Waals surface area contributed by atoms with Crippen molar-refractivity contribution in [2.24, 2.45) is 0 Å². The molecule has 0 aliphatic carbocycles. The smallest absolute Gasteiger partial charge is 0.224 e. The zero-order chi connectivity index (χ0) is 21.5. The maximum absolute atomic E-state index is 12.6. The highest BCUT2D eigenvalue weighted by atomic mass is 35.5. The minimum absolute atomic E-state index is 0.0163. The number of hydrogen-bond donors (Lipinski definition) is 1. The van der Waals surface area contributed by atoms with Gasteiger partial charge in [0.25, 0.3) is 0 Å². The van der Waals surface area contributed by atoms with Crippen molar-refractivity contribution in [1.82, 2.24) is 14.8 Å². The number of anilines is 1. The number of benzene rings is 2. The summed E-state index contributed by atoms with van der Waals surface area (Å²) < 4.78 is 1.99. The van der Waals surface area contributed by atoms with Crippen LogP contribution in [0, 0.1) is 6.92 Å². The Morgan fingerprint density at radius 2 is 1.97 bits per heavy atom. The summed E-state index contributed by atoms with van der Waals surface area (Å²) in [5.74, 6) is 0.803. The van der Waals surface area contributed by atoms with E-state index in [1.807, 2.05) is 28.8 Å². The number of carbonyl (C=O) groups is 1. The summed E-state index contributed by atoms with van der Waals surface area (Å²) in [7, 11) is 0. The van der Waals surface area contributed by atoms with E-state index >= 15 is 0 Å². The third-order valence-electron chi connectivity index (χ3n) is 5.01. The van der Waals surface area contributed by atoms with E-state index in [0.717, 1.165) is 52.7 Å². The van der Waals surface area contributed by atoms with Crippen molar-refractivity contribution in [3.63, 3.8) is 0 Å². The molecular formula is C23H27ClN4OS. The average molecular weight is 443 g/mol. The lowest BCUT2D eigenvalue weighted by Gasteiger charge is -2.16. The number of amides is 1. The Morgan fingerprint density at radius 1 is 1.17 bits per heavy atom. The second-order valence-corrected chi connectivity index (χ2v) is 8.51. The molecule has 1 heterocycles. The van der Waals surface area contributed by atoms with Crippen LogP contribution < -0.4 is 5.32 Å². The molecule has 30 heavy (non-hydrogen) atoms. The minimum atomic E-state index is 0.0163. The van der Waals surface area contributed by atoms with Gasteiger partial charge in [-0.25, -0.2) is 0 Å². The van der Waals surface area contributed by atoms with Gasteiger partial charge < -0.3 is 5.32 Å². The fourth-order valence-corrected chi connectivity index (χ4v) is 4.54. The molecule has 0 saturated carbocycles. The summed E-state index contributed by atoms with van der Waals surface area (Å²) >= 11 is 7.94. The summed E-state index contributed by atoms with van der Waals surface area (Å²) in [6, 6.07) is 12.0. The lowest BCUT2D eigenvalue weighted by molar-refractivity contribution is -0.116. The van der Waals surface area contributed by atoms with Crippen LogP contribution in [0.1, 0.15) is 43.4 Å². The number of halogens is 1. The van der Waals surface area contributed by atoms with E-state index in [-0.39, 0.29) is 5.91 Å². The van der Waals surface area contributed by atoms with Crippen LogP contribution in [0.5, 0.6) is 0 Å². The number of nitrogens with zero attached hydrogens (tertiary/aromatic N) is 3. The standard InChI is InChI=1S/C23H27ClN4OS/c1-4-17-12-13-19(24)18(5-2)22(17)26-21(29)11-8-14-30-23-27-25-15-28(23)20-10-7-6-9-16(20)3/h6-7,9-10,12-13,15H,4-5,8,11,14H2,1-3H3,(H,26,29). The molecule has 0 fully saturated rings. The molecule has 0 unspecified atom stereocenters. The van der Waals surface area contributed by atoms with Crippen LogP contribution >= 0.6 is 23.4 Å². The monoisotopic (exact) mass is 442 g/mol. The van der Waals surface area contributed by atoms with Crippen LogP contribution in [-0.4, -0.2) is 26.4 Å². The van der Waals surface area contributed by atoms with Gasteiger partial charge in [-0.05, 0) is 55.0 Å². The Kier molecular flexibility index (Phi) is 7.94. The van der Waals surface area contributed by atoms with Gasteiger partial charge in [0, 0.05) is 22.9 Å². The number of carbonyl (C=O) groups excluding carboxylic acids is 1. The highest BCUT2D eigenvalue weighted by molar-refractivity contribution is 7.99. The summed E-state index contributed by atoms with van der Waals surface area (Å²) in [6.07, 6.45) is 4.57. The van der Waals surface area contributed by atoms with Gasteiger partial charge in [0.15, 0.2) is 5.16 Å². The number of hydrogen-bond acceptors (Lipinski definition) is 4. The number of aromatic nitrogens is 3. The Balaban J connectivity index is 1.57. The van der Waals surface area contributed by atoms with Gasteiger partial charge in [0.2, 0.25) is 5.91 Å². The fourth-order valence-electron chi connectivity index (χ4n) is 3.39. The first kappa shape index (κ1) is 22.4. The molecule has 1 N–H and O–H groups in total. The number of para-hydroxylation sites is 1. The molecule has 1 amide bonds. The molecule has 0 spiro atoms. The first-order valence-corrected chi connectivity index (χ1v) is 11.6. The van der Waals surface area contributed by atoms with Crippen LogP contribution in [0.3, 0.4) is 0 Å². The predicted octanol–water partition coefficient (Wildman–Crippen LogP) is 5.86. The molecule has 5 nitrogen and oxygen atoms in total. The SMILES string of the molecule is CCc1ccc(Cl)c(CC)c1NC(=O)CCCSc1nncn1-c1ccccc1C. The van der Waals surface area contributed by atoms with E-state index in [2.05, 4.69) is 48.4 Å². The number of thioether (sulfide) groups is 1. The van der Waals surface area contributed by atoms with Crippen LogP contribution in [0.15, 0.2) is 47.9 Å². The van der Waals surface area contributed by atoms with Crippen molar-refractivity contribution in [2.45, 2.75) is 51.6 Å². The van der Waals surface area contributed by atoms with Crippen LogP contribution in [0.25, 0.3) is 5.69 Å². The number of aryl methyl sites for hydroxylation is 2. The van der Waals surface area contributed by atoms with Crippen LogP contribution in [0.4, 0.5) is 5.69 Å². The first-order chi connectivity index (χ1) is 14.5. The highest BCUT2D eigenvalue weighted by Crippen LogP contribution is 2.30. The molecule has 1 aromatic heterocycles. The van der Waals surface area contributed by atoms with E-state index in [4.69, 9.17) is 11.6 Å². The number of nitrogens with one attached hydrogen (secondary N) is 1. The van der Waals surface area contributed by atoms with Crippen molar-refractivity contribution in [3.05, 3.63) is 64.4 Å². The molecule has 0 aliphatic heterocycles. The van der Waals surface area contributed by atoms with Crippen molar-refractivity contribution >= 4 is 35.0 Å². The van der Waals surface area contributed by atoms with Gasteiger partial charge in [-0.15, -0.1) is 10.2 Å². The molecular weight excluding hydrogens is 416 g/mol. The molecule has 0 saturated heterocycles. The highest BCUT2D eigenvalue weighted by Gasteiger charge is 2.14. The Hall–Kier alpha value is -2.31. The lowest BCUT2D eigenvalue weighted by atomic mass is 10.0. The summed E-state index contributed by atoms with van der Waals surface area (Å²) in [6.45, 7) is 6.20. The Bertz CT molecular complexity index is 1020. The molecule has 0 radical (unpaired) electrons. The molecule has 158 valence electrons. The average Bonchev–Trinajstić information content (AvgIpc) is 3.20. The largest absolute Gasteiger partial charge is 0.326 e. The van der Waals surface area contributed by atoms with Crippen molar-refractivity contribution in [2.75, 3.05) is 11.1 Å². The third kappa shape index (κ3) is 5.24. The zero-order valence-electron chi connectivity index (χ0n) is 17.6. The maximum atomic E-state index is 12.6. The molecule has 2 aromatic carbocycles. The summed E-state index contributed by atoms with van der Waals surface area (Å²) in [5, 5.41) is 12.9. The van der Waals surface area contributed by atoms with Crippen LogP contribution in [0.2, 0.25) is 5.02 Å². The van der Waals surface area contributed by atoms with Gasteiger partial charge in [-0.2, -0.15) is 0 Å². The second kappa shape index (κ2) is 10.6. The van der Waals surface area contributed by atoms with E-state index in [1.54, 1.807) is 18.1 Å². The summed E-state index contributed by atoms with van der Waals surface area (Å²) in [5.41, 5.74) is 5.24.